The van der Waals surface area contributed by atoms with Gasteiger partial charge >= 0.3 is 6.03 Å². The van der Waals surface area contributed by atoms with Crippen LogP contribution in [0.4, 0.5) is 4.79 Å². The number of ether oxygens (including phenoxy) is 1. The van der Waals surface area contributed by atoms with E-state index in [9.17, 15) is 9.59 Å². The van der Waals surface area contributed by atoms with Gasteiger partial charge in [-0.2, -0.15) is 0 Å². The lowest BCUT2D eigenvalue weighted by Crippen LogP contribution is -2.59. The first-order valence-corrected chi connectivity index (χ1v) is 12.8. The molecule has 3 N–H and O–H groups in total. The Balaban J connectivity index is 1.35. The minimum Gasteiger partial charge on any atom is -0.373 e. The smallest absolute Gasteiger partial charge is 0.315 e. The molecule has 1 aliphatic heterocycles. The Hall–Kier alpha value is -2.90. The van der Waals surface area contributed by atoms with E-state index in [1.54, 1.807) is 0 Å². The molecule has 2 aliphatic rings. The highest BCUT2D eigenvalue weighted by molar-refractivity contribution is 5.91. The lowest BCUT2D eigenvalue weighted by Gasteiger charge is -2.35. The van der Waals surface area contributed by atoms with Crippen molar-refractivity contribution in [3.8, 4) is 0 Å². The van der Waals surface area contributed by atoms with Crippen LogP contribution in [0.15, 0.2) is 54.6 Å². The molecule has 2 aromatic rings. The Morgan fingerprint density at radius 3 is 2.20 bits per heavy atom. The van der Waals surface area contributed by atoms with Crippen LogP contribution in [0.25, 0.3) is 0 Å². The normalized spacial score (nSPS) is 21.9. The Bertz CT molecular complexity index is 981. The summed E-state index contributed by atoms with van der Waals surface area (Å²) in [6.45, 7) is 7.72. The third kappa shape index (κ3) is 6.83. The van der Waals surface area contributed by atoms with Crippen LogP contribution >= 0.6 is 0 Å². The van der Waals surface area contributed by atoms with Gasteiger partial charge in [-0.15, -0.1) is 0 Å². The molecule has 35 heavy (non-hydrogen) atoms. The predicted molar refractivity (Wildman–Crippen MR) is 137 cm³/mol. The summed E-state index contributed by atoms with van der Waals surface area (Å²) in [6, 6.07) is 17.7. The van der Waals surface area contributed by atoms with Crippen LogP contribution in [0.1, 0.15) is 56.2 Å². The Morgan fingerprint density at radius 1 is 0.886 bits per heavy atom. The average molecular weight is 479 g/mol. The molecule has 1 saturated carbocycles. The zero-order valence-corrected chi connectivity index (χ0v) is 20.9. The highest BCUT2D eigenvalue weighted by atomic mass is 16.5. The molecule has 7 heteroatoms. The number of benzene rings is 2. The van der Waals surface area contributed by atoms with Crippen LogP contribution in [0.5, 0.6) is 0 Å². The van der Waals surface area contributed by atoms with Crippen LogP contribution in [0.3, 0.4) is 0 Å². The fraction of sp³-hybridized carbons (Fsp3) is 0.500. The molecule has 7 nitrogen and oxygen atoms in total. The second-order valence-electron chi connectivity index (χ2n) is 9.99. The van der Waals surface area contributed by atoms with Crippen molar-refractivity contribution in [2.75, 3.05) is 13.1 Å². The second-order valence-corrected chi connectivity index (χ2v) is 9.99. The maximum Gasteiger partial charge on any atom is 0.315 e. The van der Waals surface area contributed by atoms with Crippen molar-refractivity contribution in [1.82, 2.24) is 20.9 Å². The fourth-order valence-corrected chi connectivity index (χ4v) is 5.31. The fourth-order valence-electron chi connectivity index (χ4n) is 5.31. The summed E-state index contributed by atoms with van der Waals surface area (Å²) in [4.78, 5) is 28.4. The van der Waals surface area contributed by atoms with Crippen LogP contribution in [-0.4, -0.2) is 47.7 Å². The molecular weight excluding hydrogens is 440 g/mol. The first-order valence-electron chi connectivity index (χ1n) is 12.8. The maximum atomic E-state index is 13.4. The topological polar surface area (TPSA) is 82.7 Å². The van der Waals surface area contributed by atoms with Crippen molar-refractivity contribution in [1.29, 1.82) is 0 Å². The Morgan fingerprint density at radius 2 is 1.51 bits per heavy atom. The molecule has 0 spiro atoms. The highest BCUT2D eigenvalue weighted by Gasteiger charge is 2.42. The van der Waals surface area contributed by atoms with Crippen LogP contribution in [0.2, 0.25) is 0 Å². The van der Waals surface area contributed by atoms with E-state index in [0.717, 1.165) is 43.6 Å². The van der Waals surface area contributed by atoms with Crippen molar-refractivity contribution in [2.24, 2.45) is 0 Å². The van der Waals surface area contributed by atoms with E-state index in [1.165, 1.54) is 5.56 Å². The van der Waals surface area contributed by atoms with Gasteiger partial charge in [-0.3, -0.25) is 9.69 Å². The van der Waals surface area contributed by atoms with Gasteiger partial charge in [-0.05, 0) is 43.4 Å². The first-order chi connectivity index (χ1) is 16.9. The monoisotopic (exact) mass is 478 g/mol. The minimum absolute atomic E-state index is 0.103. The first kappa shape index (κ1) is 25.2. The van der Waals surface area contributed by atoms with Gasteiger partial charge in [0, 0.05) is 32.7 Å². The zero-order valence-electron chi connectivity index (χ0n) is 20.9. The van der Waals surface area contributed by atoms with Gasteiger partial charge in [0.25, 0.3) is 0 Å². The number of morpholine rings is 1. The Kier molecular flexibility index (Phi) is 8.42. The van der Waals surface area contributed by atoms with Crippen molar-refractivity contribution in [3.05, 3.63) is 71.3 Å². The van der Waals surface area contributed by atoms with Crippen LogP contribution in [0, 0.1) is 0 Å². The number of hydrogen-bond donors (Lipinski definition) is 3. The second kappa shape index (κ2) is 11.7. The van der Waals surface area contributed by atoms with E-state index in [1.807, 2.05) is 42.5 Å². The largest absolute Gasteiger partial charge is 0.373 e. The molecule has 2 fully saturated rings. The van der Waals surface area contributed by atoms with Gasteiger partial charge < -0.3 is 20.7 Å². The molecule has 2 aromatic carbocycles. The van der Waals surface area contributed by atoms with E-state index in [-0.39, 0.29) is 24.1 Å². The number of amides is 3. The quantitative estimate of drug-likeness (QED) is 0.540. The van der Waals surface area contributed by atoms with Crippen molar-refractivity contribution < 1.29 is 14.3 Å². The van der Waals surface area contributed by atoms with Crippen molar-refractivity contribution in [2.45, 2.75) is 76.9 Å². The maximum absolute atomic E-state index is 13.4. The number of hydrogen-bond acceptors (Lipinski definition) is 4. The van der Waals surface area contributed by atoms with Gasteiger partial charge in [-0.25, -0.2) is 4.79 Å². The van der Waals surface area contributed by atoms with Crippen LogP contribution in [-0.2, 0) is 29.2 Å². The van der Waals surface area contributed by atoms with E-state index in [0.29, 0.717) is 25.9 Å². The molecule has 0 bridgehead atoms. The summed E-state index contributed by atoms with van der Waals surface area (Å²) in [7, 11) is 0. The molecule has 2 atom stereocenters. The lowest BCUT2D eigenvalue weighted by atomic mass is 9.96. The summed E-state index contributed by atoms with van der Waals surface area (Å²) in [6.07, 6.45) is 3.59. The number of urea groups is 1. The standard InChI is InChI=1S/C28H38N4O3/c1-21-18-32(19-22(2)35-21)20-25-13-7-6-12-24(25)17-29-26(33)28(14-8-9-15-28)31-27(34)30-16-23-10-4-3-5-11-23/h3-7,10-13,21-22H,8-9,14-20H2,1-2H3,(H,29,33)(H2,30,31,34). The van der Waals surface area contributed by atoms with Crippen LogP contribution < -0.4 is 16.0 Å². The van der Waals surface area contributed by atoms with Gasteiger partial charge in [0.1, 0.15) is 5.54 Å². The van der Waals surface area contributed by atoms with E-state index in [4.69, 9.17) is 4.74 Å². The van der Waals surface area contributed by atoms with E-state index in [2.05, 4.69) is 46.8 Å². The van der Waals surface area contributed by atoms with Gasteiger partial charge in [0.15, 0.2) is 0 Å². The summed E-state index contributed by atoms with van der Waals surface area (Å²) in [5, 5.41) is 9.03. The summed E-state index contributed by atoms with van der Waals surface area (Å²) < 4.78 is 5.87. The molecule has 188 valence electrons. The number of carbonyl (C=O) groups excluding carboxylic acids is 2. The molecule has 2 unspecified atom stereocenters. The molecule has 1 saturated heterocycles. The molecule has 1 aliphatic carbocycles. The number of nitrogens with one attached hydrogen (secondary N) is 3. The summed E-state index contributed by atoms with van der Waals surface area (Å²) in [5.74, 6) is -0.103. The van der Waals surface area contributed by atoms with E-state index < -0.39 is 5.54 Å². The lowest BCUT2D eigenvalue weighted by molar-refractivity contribution is -0.127. The molecule has 0 aromatic heterocycles. The van der Waals surface area contributed by atoms with Gasteiger partial charge in [0.2, 0.25) is 5.91 Å². The molecular formula is C28H38N4O3. The number of rotatable bonds is 8. The molecule has 4 rings (SSSR count). The highest BCUT2D eigenvalue weighted by Crippen LogP contribution is 2.30. The van der Waals surface area contributed by atoms with Crippen molar-refractivity contribution >= 4 is 11.9 Å². The molecule has 1 heterocycles. The molecule has 0 radical (unpaired) electrons. The van der Waals surface area contributed by atoms with Gasteiger partial charge in [-0.1, -0.05) is 67.4 Å². The van der Waals surface area contributed by atoms with Gasteiger partial charge in [0.05, 0.1) is 12.2 Å². The average Bonchev–Trinajstić information content (AvgIpc) is 3.32. The minimum atomic E-state index is -0.856. The van der Waals surface area contributed by atoms with Crippen molar-refractivity contribution in [3.63, 3.8) is 0 Å². The Labute approximate surface area is 208 Å². The summed E-state index contributed by atoms with van der Waals surface area (Å²) >= 11 is 0. The number of nitrogens with zero attached hydrogens (tertiary/aromatic N) is 1. The zero-order chi connectivity index (χ0) is 24.7. The van der Waals surface area contributed by atoms with E-state index >= 15 is 0 Å². The third-order valence-corrected chi connectivity index (χ3v) is 6.99. The summed E-state index contributed by atoms with van der Waals surface area (Å²) in [5.41, 5.74) is 2.48. The SMILES string of the molecule is CC1CN(Cc2ccccc2CNC(=O)C2(NC(=O)NCc3ccccc3)CCCC2)CC(C)O1. The third-order valence-electron chi connectivity index (χ3n) is 6.99. The number of carbonyl (C=O) groups is 2. The molecule has 3 amide bonds. The predicted octanol–water partition coefficient (Wildman–Crippen LogP) is 3.72.